The summed E-state index contributed by atoms with van der Waals surface area (Å²) >= 11 is 0. The van der Waals surface area contributed by atoms with Gasteiger partial charge in [0.1, 0.15) is 0 Å². The van der Waals surface area contributed by atoms with Crippen molar-refractivity contribution in [1.29, 1.82) is 0 Å². The molecule has 0 aliphatic carbocycles. The van der Waals surface area contributed by atoms with E-state index < -0.39 is 0 Å². The molecule has 0 rings (SSSR count). The molecule has 0 atom stereocenters. The fraction of sp³-hybridized carbons (Fsp3) is 1.00. The van der Waals surface area contributed by atoms with Gasteiger partial charge in [0.25, 0.3) is 0 Å². The molecule has 28 valence electrons. The Labute approximate surface area is 51.3 Å². The minimum absolute atomic E-state index is 0. The summed E-state index contributed by atoms with van der Waals surface area (Å²) in [5.41, 5.74) is 0. The van der Waals surface area contributed by atoms with Crippen LogP contribution in [0.4, 0.5) is 0 Å². The van der Waals surface area contributed by atoms with E-state index in [9.17, 15) is 0 Å². The molecule has 0 aliphatic rings. The molecule has 0 amide bonds. The van der Waals surface area contributed by atoms with Crippen LogP contribution in [0.25, 0.3) is 0 Å². The summed E-state index contributed by atoms with van der Waals surface area (Å²) in [6, 6.07) is 0. The number of rotatable bonds is 0. The van der Waals surface area contributed by atoms with Gasteiger partial charge in [0, 0.05) is 0 Å². The topological polar surface area (TPSA) is 3.24 Å². The molecule has 5 heavy (non-hydrogen) atoms. The first-order chi connectivity index (χ1) is 1.73. The molecule has 0 saturated carbocycles. The zero-order valence-corrected chi connectivity index (χ0v) is 7.45. The Morgan fingerprint density at radius 2 is 1.40 bits per heavy atom. The summed E-state index contributed by atoms with van der Waals surface area (Å²) in [7, 11) is 4.61. The van der Waals surface area contributed by atoms with E-state index >= 15 is 0 Å². The average molecular weight is 99.2 g/mol. The van der Waals surface area contributed by atoms with Crippen molar-refractivity contribution in [3.63, 3.8) is 0 Å². The molecule has 0 unspecified atom stereocenters. The van der Waals surface area contributed by atoms with Crippen LogP contribution in [0.5, 0.6) is 0 Å². The third kappa shape index (κ3) is 45.5. The average Bonchev–Trinajstić information content (AvgIpc) is 0.811. The number of hydrogen-bond acceptors (Lipinski definition) is 1. The van der Waals surface area contributed by atoms with Gasteiger partial charge in [-0.2, -0.15) is 0 Å². The van der Waals surface area contributed by atoms with E-state index in [2.05, 4.69) is 11.3 Å². The molecule has 0 aromatic rings. The van der Waals surface area contributed by atoms with Gasteiger partial charge in [0.15, 0.2) is 0 Å². The Hall–Kier alpha value is 0.991. The standard InChI is InChI=1S/CH9NSi2.Li.H/c1-2(3)4;;/h1,3-4H3;;. The maximum absolute atomic E-state index is 2.28. The van der Waals surface area contributed by atoms with Crippen molar-refractivity contribution in [2.24, 2.45) is 0 Å². The van der Waals surface area contributed by atoms with Gasteiger partial charge in [-0.05, 0) is 7.05 Å². The molecule has 0 bridgehead atoms. The number of hydrogen-bond donors (Lipinski definition) is 0. The van der Waals surface area contributed by atoms with Gasteiger partial charge < -0.3 is 4.23 Å². The van der Waals surface area contributed by atoms with E-state index in [0.717, 1.165) is 0 Å². The molecule has 0 aromatic heterocycles. The summed E-state index contributed by atoms with van der Waals surface area (Å²) < 4.78 is 2.28. The second kappa shape index (κ2) is 4.99. The van der Waals surface area contributed by atoms with Crippen molar-refractivity contribution in [2.75, 3.05) is 7.05 Å². The van der Waals surface area contributed by atoms with Crippen LogP contribution in [0.3, 0.4) is 0 Å². The van der Waals surface area contributed by atoms with E-state index in [1.807, 2.05) is 0 Å². The summed E-state index contributed by atoms with van der Waals surface area (Å²) in [5, 5.41) is 0. The predicted molar refractivity (Wildman–Crippen MR) is 34.8 cm³/mol. The van der Waals surface area contributed by atoms with E-state index in [0.29, 0.717) is 0 Å². The fourth-order valence-corrected chi connectivity index (χ4v) is 0. The Bertz CT molecular complexity index is 14.4. The molecular formula is CH10LiNSi2. The van der Waals surface area contributed by atoms with Crippen LogP contribution in [0.15, 0.2) is 0 Å². The van der Waals surface area contributed by atoms with Crippen LogP contribution < -0.4 is 0 Å². The molecule has 0 aliphatic heterocycles. The van der Waals surface area contributed by atoms with Gasteiger partial charge in [-0.15, -0.1) is 0 Å². The Morgan fingerprint density at radius 3 is 1.40 bits per heavy atom. The van der Waals surface area contributed by atoms with Gasteiger partial charge in [0.2, 0.25) is 0 Å². The maximum atomic E-state index is 2.28. The Kier molecular flexibility index (Phi) is 9.35. The molecule has 0 radical (unpaired) electrons. The molecule has 0 N–H and O–H groups in total. The van der Waals surface area contributed by atoms with Crippen LogP contribution in [-0.4, -0.2) is 50.9 Å². The second-order valence-electron chi connectivity index (χ2n) is 1.34. The van der Waals surface area contributed by atoms with Crippen molar-refractivity contribution in [3.05, 3.63) is 0 Å². The fourth-order valence-electron chi connectivity index (χ4n) is 0. The van der Waals surface area contributed by atoms with Crippen molar-refractivity contribution in [2.45, 2.75) is 0 Å². The van der Waals surface area contributed by atoms with E-state index in [4.69, 9.17) is 0 Å². The monoisotopic (exact) mass is 99.1 g/mol. The van der Waals surface area contributed by atoms with E-state index in [1.165, 1.54) is 20.8 Å². The molecule has 0 fully saturated rings. The van der Waals surface area contributed by atoms with Crippen LogP contribution in [0.1, 0.15) is 0 Å². The molecule has 4 heteroatoms. The first kappa shape index (κ1) is 9.37. The first-order valence-electron chi connectivity index (χ1n) is 1.34. The summed E-state index contributed by atoms with van der Waals surface area (Å²) in [6.45, 7) is 0. The third-order valence-corrected chi connectivity index (χ3v) is 0. The van der Waals surface area contributed by atoms with Gasteiger partial charge >= 0.3 is 18.9 Å². The predicted octanol–water partition coefficient (Wildman–Crippen LogP) is -3.17. The van der Waals surface area contributed by atoms with Gasteiger partial charge in [0.05, 0.1) is 20.8 Å². The quantitative estimate of drug-likeness (QED) is 0.290. The minimum atomic E-state index is 0. The molecule has 0 aromatic carbocycles. The third-order valence-electron chi connectivity index (χ3n) is 0. The van der Waals surface area contributed by atoms with E-state index in [-0.39, 0.29) is 18.9 Å². The summed E-state index contributed by atoms with van der Waals surface area (Å²) in [6.07, 6.45) is 0. The first-order valence-corrected chi connectivity index (χ1v) is 3.13. The second-order valence-corrected chi connectivity index (χ2v) is 6.71. The van der Waals surface area contributed by atoms with Gasteiger partial charge in [-0.25, -0.2) is 0 Å². The Morgan fingerprint density at radius 1 is 1.40 bits per heavy atom. The van der Waals surface area contributed by atoms with Gasteiger partial charge in [-0.3, -0.25) is 0 Å². The van der Waals surface area contributed by atoms with Gasteiger partial charge in [-0.1, -0.05) is 0 Å². The van der Waals surface area contributed by atoms with Crippen LogP contribution in [0, 0.1) is 0 Å². The molecule has 1 nitrogen and oxygen atoms in total. The molecular weight excluding hydrogens is 89.1 g/mol. The zero-order valence-electron chi connectivity index (χ0n) is 3.45. The van der Waals surface area contributed by atoms with Crippen molar-refractivity contribution in [3.8, 4) is 0 Å². The normalized spacial score (nSPS) is 8.40. The van der Waals surface area contributed by atoms with Crippen molar-refractivity contribution < 1.29 is 0 Å². The van der Waals surface area contributed by atoms with Crippen molar-refractivity contribution in [1.82, 2.24) is 4.23 Å². The van der Waals surface area contributed by atoms with Crippen molar-refractivity contribution >= 4 is 39.7 Å². The SMILES string of the molecule is CN([SiH3])[SiH3].[LiH]. The summed E-state index contributed by atoms with van der Waals surface area (Å²) in [5.74, 6) is 0. The number of nitrogens with zero attached hydrogens (tertiary/aromatic N) is 1. The molecule has 0 heterocycles. The van der Waals surface area contributed by atoms with Crippen LogP contribution in [0.2, 0.25) is 0 Å². The van der Waals surface area contributed by atoms with Crippen LogP contribution >= 0.6 is 0 Å². The molecule has 0 saturated heterocycles. The summed E-state index contributed by atoms with van der Waals surface area (Å²) in [4.78, 5) is 0. The molecule has 0 spiro atoms. The Balaban J connectivity index is 0. The van der Waals surface area contributed by atoms with Crippen LogP contribution in [-0.2, 0) is 0 Å². The van der Waals surface area contributed by atoms with E-state index in [1.54, 1.807) is 0 Å². The zero-order chi connectivity index (χ0) is 3.58.